The van der Waals surface area contributed by atoms with Crippen molar-refractivity contribution in [2.24, 2.45) is 0 Å². The molecule has 0 spiro atoms. The lowest BCUT2D eigenvalue weighted by Gasteiger charge is -2.18. The molecule has 0 heterocycles. The van der Waals surface area contributed by atoms with Crippen LogP contribution < -0.4 is 4.90 Å². The van der Waals surface area contributed by atoms with Crippen LogP contribution in [0.25, 0.3) is 33.4 Å². The van der Waals surface area contributed by atoms with Gasteiger partial charge in [0.15, 0.2) is 0 Å². The van der Waals surface area contributed by atoms with Crippen molar-refractivity contribution in [2.45, 2.75) is 33.6 Å². The zero-order chi connectivity index (χ0) is 27.7. The Kier molecular flexibility index (Phi) is 7.58. The molecule has 0 atom stereocenters. The molecule has 0 saturated carbocycles. The van der Waals surface area contributed by atoms with Crippen LogP contribution in [0.5, 0.6) is 0 Å². The SMILES string of the molecule is COC(=O)c1c(-c2ccc(N(C)C)cc2)ccc(-c2cc(C)c3cc(C(C)C)ccc(C)c2-3)c1C(=O)OC. The molecule has 5 nitrogen and oxygen atoms in total. The van der Waals surface area contributed by atoms with Gasteiger partial charge in [-0.1, -0.05) is 62.4 Å². The van der Waals surface area contributed by atoms with E-state index in [-0.39, 0.29) is 11.1 Å². The van der Waals surface area contributed by atoms with Crippen molar-refractivity contribution < 1.29 is 19.1 Å². The second-order valence-corrected chi connectivity index (χ2v) is 10.2. The molecule has 0 amide bonds. The Hall–Kier alpha value is -4.12. The number of ether oxygens (including phenoxy) is 2. The standard InChI is InChI=1S/C33H35NO4/c1-19(2)23-10-9-20(3)29-27(18-23)21(4)17-28(29)26-16-15-25(22-11-13-24(14-12-22)34(5)6)30(32(35)37-7)31(26)33(36)38-8/h9-19H,1-8H3. The van der Waals surface area contributed by atoms with Crippen molar-refractivity contribution in [1.82, 2.24) is 0 Å². The fourth-order valence-corrected chi connectivity index (χ4v) is 5.05. The summed E-state index contributed by atoms with van der Waals surface area (Å²) >= 11 is 0. The average molecular weight is 510 g/mol. The van der Waals surface area contributed by atoms with Gasteiger partial charge >= 0.3 is 11.9 Å². The lowest BCUT2D eigenvalue weighted by molar-refractivity contribution is 0.0556. The summed E-state index contributed by atoms with van der Waals surface area (Å²) in [5, 5.41) is 0. The fraction of sp³-hybridized carbons (Fsp3) is 0.273. The summed E-state index contributed by atoms with van der Waals surface area (Å²) in [6.45, 7) is 8.51. The third-order valence-electron chi connectivity index (χ3n) is 7.19. The van der Waals surface area contributed by atoms with Crippen molar-refractivity contribution in [3.05, 3.63) is 88.5 Å². The maximum Gasteiger partial charge on any atom is 0.339 e. The number of nitrogens with zero attached hydrogens (tertiary/aromatic N) is 1. The number of aryl methyl sites for hydroxylation is 2. The van der Waals surface area contributed by atoms with Gasteiger partial charge in [0.25, 0.3) is 0 Å². The van der Waals surface area contributed by atoms with E-state index in [0.29, 0.717) is 17.0 Å². The van der Waals surface area contributed by atoms with Crippen LogP contribution in [0.2, 0.25) is 0 Å². The molecule has 0 bridgehead atoms. The van der Waals surface area contributed by atoms with Gasteiger partial charge in [-0.3, -0.25) is 0 Å². The summed E-state index contributed by atoms with van der Waals surface area (Å²) in [6.07, 6.45) is 0. The van der Waals surface area contributed by atoms with E-state index in [1.54, 1.807) is 0 Å². The van der Waals surface area contributed by atoms with Crippen molar-refractivity contribution in [2.75, 3.05) is 33.2 Å². The molecule has 2 aromatic rings. The first kappa shape index (κ1) is 26.9. The van der Waals surface area contributed by atoms with Gasteiger partial charge in [0.1, 0.15) is 0 Å². The number of anilines is 1. The molecule has 0 N–H and O–H groups in total. The molecule has 2 aromatic carbocycles. The molecule has 0 aromatic heterocycles. The number of rotatable bonds is 6. The summed E-state index contributed by atoms with van der Waals surface area (Å²) in [6, 6.07) is 20.3. The summed E-state index contributed by atoms with van der Waals surface area (Å²) in [4.78, 5) is 28.7. The highest BCUT2D eigenvalue weighted by atomic mass is 16.5. The van der Waals surface area contributed by atoms with Crippen LogP contribution in [0.3, 0.4) is 0 Å². The van der Waals surface area contributed by atoms with E-state index in [0.717, 1.165) is 39.1 Å². The van der Waals surface area contributed by atoms with Gasteiger partial charge in [0, 0.05) is 19.8 Å². The maximum atomic E-state index is 13.4. The fourth-order valence-electron chi connectivity index (χ4n) is 5.05. The van der Waals surface area contributed by atoms with Crippen molar-refractivity contribution >= 4 is 17.6 Å². The van der Waals surface area contributed by atoms with Crippen LogP contribution in [-0.4, -0.2) is 40.3 Å². The van der Waals surface area contributed by atoms with E-state index in [4.69, 9.17) is 9.47 Å². The second kappa shape index (κ2) is 10.7. The van der Waals surface area contributed by atoms with Crippen molar-refractivity contribution in [1.29, 1.82) is 0 Å². The first-order valence-corrected chi connectivity index (χ1v) is 12.7. The molecule has 0 fully saturated rings. The maximum absolute atomic E-state index is 13.4. The van der Waals surface area contributed by atoms with Gasteiger partial charge in [0.05, 0.1) is 25.3 Å². The predicted molar refractivity (Wildman–Crippen MR) is 155 cm³/mol. The monoisotopic (exact) mass is 509 g/mol. The Labute approximate surface area is 225 Å². The highest BCUT2D eigenvalue weighted by molar-refractivity contribution is 6.13. The number of hydrogen-bond acceptors (Lipinski definition) is 5. The Morgan fingerprint density at radius 3 is 1.82 bits per heavy atom. The van der Waals surface area contributed by atoms with E-state index >= 15 is 0 Å². The first-order chi connectivity index (χ1) is 18.1. The third-order valence-corrected chi connectivity index (χ3v) is 7.19. The minimum absolute atomic E-state index is 0.197. The minimum atomic E-state index is -0.587. The molecule has 0 radical (unpaired) electrons. The van der Waals surface area contributed by atoms with E-state index < -0.39 is 11.9 Å². The molecule has 0 unspecified atom stereocenters. The lowest BCUT2D eigenvalue weighted by atomic mass is 9.87. The number of carbonyl (C=O) groups is 2. The van der Waals surface area contributed by atoms with Crippen LogP contribution in [0.15, 0.2) is 60.7 Å². The largest absolute Gasteiger partial charge is 0.465 e. The van der Waals surface area contributed by atoms with Gasteiger partial charge < -0.3 is 14.4 Å². The predicted octanol–water partition coefficient (Wildman–Crippen LogP) is 7.50. The molecule has 0 aliphatic heterocycles. The van der Waals surface area contributed by atoms with E-state index in [2.05, 4.69) is 52.0 Å². The Morgan fingerprint density at radius 2 is 1.26 bits per heavy atom. The van der Waals surface area contributed by atoms with Gasteiger partial charge in [-0.15, -0.1) is 0 Å². The summed E-state index contributed by atoms with van der Waals surface area (Å²) in [5.41, 5.74) is 10.0. The zero-order valence-electron chi connectivity index (χ0n) is 23.4. The topological polar surface area (TPSA) is 55.8 Å². The molecular weight excluding hydrogens is 474 g/mol. The van der Waals surface area contributed by atoms with Crippen LogP contribution in [0, 0.1) is 13.8 Å². The normalized spacial score (nSPS) is 11.1. The summed E-state index contributed by atoms with van der Waals surface area (Å²) in [7, 11) is 6.60. The van der Waals surface area contributed by atoms with Gasteiger partial charge in [-0.2, -0.15) is 0 Å². The summed E-state index contributed by atoms with van der Waals surface area (Å²) in [5.74, 6) is -0.798. The minimum Gasteiger partial charge on any atom is -0.465 e. The van der Waals surface area contributed by atoms with E-state index in [1.807, 2.05) is 55.4 Å². The Morgan fingerprint density at radius 1 is 0.684 bits per heavy atom. The highest BCUT2D eigenvalue weighted by Crippen LogP contribution is 2.44. The van der Waals surface area contributed by atoms with E-state index in [9.17, 15) is 9.59 Å². The van der Waals surface area contributed by atoms with Crippen LogP contribution in [0.1, 0.15) is 57.2 Å². The molecule has 38 heavy (non-hydrogen) atoms. The average Bonchev–Trinajstić information content (AvgIpc) is 3.12. The van der Waals surface area contributed by atoms with Crippen LogP contribution in [-0.2, 0) is 9.47 Å². The van der Waals surface area contributed by atoms with Gasteiger partial charge in [-0.05, 0) is 82.0 Å². The van der Waals surface area contributed by atoms with Crippen LogP contribution in [0.4, 0.5) is 5.69 Å². The smallest absolute Gasteiger partial charge is 0.339 e. The number of esters is 2. The highest BCUT2D eigenvalue weighted by Gasteiger charge is 2.29. The summed E-state index contributed by atoms with van der Waals surface area (Å²) < 4.78 is 10.4. The van der Waals surface area contributed by atoms with Crippen molar-refractivity contribution in [3.63, 3.8) is 0 Å². The zero-order valence-corrected chi connectivity index (χ0v) is 23.4. The molecule has 5 heteroatoms. The van der Waals surface area contributed by atoms with Gasteiger partial charge in [0.2, 0.25) is 0 Å². The number of hydrogen-bond donors (Lipinski definition) is 0. The van der Waals surface area contributed by atoms with Crippen LogP contribution >= 0.6 is 0 Å². The quantitative estimate of drug-likeness (QED) is 0.252. The molecular formula is C33H35NO4. The molecule has 0 saturated heterocycles. The van der Waals surface area contributed by atoms with Crippen molar-refractivity contribution in [3.8, 4) is 33.4 Å². The number of benzene rings is 2. The van der Waals surface area contributed by atoms with Gasteiger partial charge in [-0.25, -0.2) is 9.59 Å². The molecule has 196 valence electrons. The Bertz CT molecular complexity index is 1480. The third kappa shape index (κ3) is 4.76. The molecule has 2 aliphatic carbocycles. The van der Waals surface area contributed by atoms with E-state index in [1.165, 1.54) is 19.8 Å². The number of methoxy groups -OCH3 is 2. The Balaban J connectivity index is 2.05. The first-order valence-electron chi connectivity index (χ1n) is 12.7. The lowest BCUT2D eigenvalue weighted by Crippen LogP contribution is -2.15. The molecule has 4 rings (SSSR count). The molecule has 2 aliphatic rings. The second-order valence-electron chi connectivity index (χ2n) is 10.2. The number of fused-ring (bicyclic) bond motifs is 1. The number of carbonyl (C=O) groups excluding carboxylic acids is 2.